The van der Waals surface area contributed by atoms with Gasteiger partial charge in [0.2, 0.25) is 5.91 Å². The first-order valence-corrected chi connectivity index (χ1v) is 10.8. The van der Waals surface area contributed by atoms with Gasteiger partial charge in [-0.25, -0.2) is 0 Å². The molecule has 7 heteroatoms. The largest absolute Gasteiger partial charge is 0.357 e. The second-order valence-corrected chi connectivity index (χ2v) is 8.62. The van der Waals surface area contributed by atoms with Gasteiger partial charge in [-0.3, -0.25) is 9.79 Å². The van der Waals surface area contributed by atoms with Gasteiger partial charge in [0, 0.05) is 42.9 Å². The zero-order valence-electron chi connectivity index (χ0n) is 16.5. The zero-order chi connectivity index (χ0) is 18.4. The third-order valence-electron chi connectivity index (χ3n) is 5.71. The highest BCUT2D eigenvalue weighted by Gasteiger charge is 2.35. The maximum absolute atomic E-state index is 11.7. The number of halogens is 1. The van der Waals surface area contributed by atoms with Crippen molar-refractivity contribution in [2.24, 2.45) is 4.99 Å². The summed E-state index contributed by atoms with van der Waals surface area (Å²) in [6, 6.07) is 4.73. The topological polar surface area (TPSA) is 56.7 Å². The Bertz CT molecular complexity index is 614. The quantitative estimate of drug-likeness (QED) is 0.365. The van der Waals surface area contributed by atoms with Crippen LogP contribution in [0.4, 0.5) is 0 Å². The van der Waals surface area contributed by atoms with Crippen molar-refractivity contribution in [1.29, 1.82) is 0 Å². The van der Waals surface area contributed by atoms with Crippen LogP contribution in [-0.2, 0) is 10.2 Å². The van der Waals surface area contributed by atoms with Crippen LogP contribution in [-0.4, -0.2) is 49.5 Å². The number of rotatable bonds is 5. The fourth-order valence-electron chi connectivity index (χ4n) is 4.17. The summed E-state index contributed by atoms with van der Waals surface area (Å²) < 4.78 is 0. The van der Waals surface area contributed by atoms with Crippen LogP contribution in [0.3, 0.4) is 0 Å². The van der Waals surface area contributed by atoms with Gasteiger partial charge in [0.05, 0.1) is 6.54 Å². The van der Waals surface area contributed by atoms with Crippen LogP contribution in [0.1, 0.15) is 56.7 Å². The number of amides is 1. The van der Waals surface area contributed by atoms with Gasteiger partial charge in [0.25, 0.3) is 0 Å². The van der Waals surface area contributed by atoms with Crippen LogP contribution < -0.4 is 10.6 Å². The maximum atomic E-state index is 11.7. The van der Waals surface area contributed by atoms with Gasteiger partial charge in [-0.15, -0.1) is 35.3 Å². The van der Waals surface area contributed by atoms with E-state index in [1.807, 2.05) is 23.3 Å². The fourth-order valence-corrected chi connectivity index (χ4v) is 5.14. The van der Waals surface area contributed by atoms with Gasteiger partial charge in [0.1, 0.15) is 0 Å². The van der Waals surface area contributed by atoms with Gasteiger partial charge >= 0.3 is 0 Å². The van der Waals surface area contributed by atoms with Crippen molar-refractivity contribution in [2.75, 3.05) is 26.7 Å². The summed E-state index contributed by atoms with van der Waals surface area (Å²) in [6.07, 6.45) is 7.90. The number of piperidine rings is 1. The Hall–Kier alpha value is -0.830. The van der Waals surface area contributed by atoms with Crippen LogP contribution >= 0.6 is 35.3 Å². The molecule has 1 aliphatic heterocycles. The van der Waals surface area contributed by atoms with Crippen molar-refractivity contribution in [3.8, 4) is 0 Å². The Kier molecular flexibility index (Phi) is 8.85. The molecule has 2 heterocycles. The molecule has 0 radical (unpaired) electrons. The average Bonchev–Trinajstić information content (AvgIpc) is 3.19. The molecule has 27 heavy (non-hydrogen) atoms. The zero-order valence-corrected chi connectivity index (χ0v) is 19.6. The fraction of sp³-hybridized carbons (Fsp3) is 0.700. The van der Waals surface area contributed by atoms with E-state index in [0.717, 1.165) is 32.0 Å². The van der Waals surface area contributed by atoms with Crippen LogP contribution in [0.25, 0.3) is 0 Å². The first-order chi connectivity index (χ1) is 12.6. The van der Waals surface area contributed by atoms with E-state index >= 15 is 0 Å². The van der Waals surface area contributed by atoms with Crippen LogP contribution in [0, 0.1) is 0 Å². The lowest BCUT2D eigenvalue weighted by molar-refractivity contribution is -0.132. The Balaban J connectivity index is 0.00000261. The summed E-state index contributed by atoms with van der Waals surface area (Å²) in [5.74, 6) is 1.13. The molecular formula is C20H33IN4OS. The summed E-state index contributed by atoms with van der Waals surface area (Å²) in [5.41, 5.74) is 0.202. The maximum Gasteiger partial charge on any atom is 0.222 e. The van der Waals surface area contributed by atoms with Crippen molar-refractivity contribution in [3.63, 3.8) is 0 Å². The minimum atomic E-state index is 0. The molecule has 3 rings (SSSR count). The summed E-state index contributed by atoms with van der Waals surface area (Å²) in [7, 11) is 1.88. The highest BCUT2D eigenvalue weighted by Crippen LogP contribution is 2.41. The molecule has 1 saturated heterocycles. The highest BCUT2D eigenvalue weighted by atomic mass is 127. The second-order valence-electron chi connectivity index (χ2n) is 7.67. The lowest BCUT2D eigenvalue weighted by Gasteiger charge is -2.36. The van der Waals surface area contributed by atoms with Crippen LogP contribution in [0.15, 0.2) is 22.5 Å². The predicted molar refractivity (Wildman–Crippen MR) is 124 cm³/mol. The molecule has 2 fully saturated rings. The molecule has 1 unspecified atom stereocenters. The Morgan fingerprint density at radius 1 is 1.37 bits per heavy atom. The van der Waals surface area contributed by atoms with E-state index in [-0.39, 0.29) is 41.3 Å². The van der Waals surface area contributed by atoms with Gasteiger partial charge in [0.15, 0.2) is 5.96 Å². The van der Waals surface area contributed by atoms with Gasteiger partial charge in [-0.05, 0) is 37.6 Å². The lowest BCUT2D eigenvalue weighted by Crippen LogP contribution is -2.52. The van der Waals surface area contributed by atoms with Gasteiger partial charge < -0.3 is 15.5 Å². The van der Waals surface area contributed by atoms with E-state index in [0.29, 0.717) is 6.42 Å². The van der Waals surface area contributed by atoms with E-state index in [2.05, 4.69) is 35.1 Å². The van der Waals surface area contributed by atoms with E-state index in [9.17, 15) is 4.79 Å². The number of carbonyl (C=O) groups is 1. The van der Waals surface area contributed by atoms with Crippen molar-refractivity contribution in [1.82, 2.24) is 15.5 Å². The third kappa shape index (κ3) is 5.82. The minimum absolute atomic E-state index is 0. The molecule has 5 nitrogen and oxygen atoms in total. The van der Waals surface area contributed by atoms with Crippen LogP contribution in [0.5, 0.6) is 0 Å². The molecule has 0 spiro atoms. The number of thiophene rings is 1. The first-order valence-electron chi connectivity index (χ1n) is 9.96. The number of nitrogens with one attached hydrogen (secondary N) is 2. The van der Waals surface area contributed by atoms with Gasteiger partial charge in [-0.1, -0.05) is 25.3 Å². The molecule has 1 aromatic rings. The third-order valence-corrected chi connectivity index (χ3v) is 6.82. The smallest absolute Gasteiger partial charge is 0.222 e. The normalized spacial score (nSPS) is 22.9. The molecule has 1 aromatic heterocycles. The molecule has 1 atom stereocenters. The predicted octanol–water partition coefficient (Wildman–Crippen LogP) is 3.74. The summed E-state index contributed by atoms with van der Waals surface area (Å²) >= 11 is 1.88. The molecule has 0 aromatic carbocycles. The molecule has 2 aliphatic rings. The number of guanidine groups is 1. The molecule has 1 saturated carbocycles. The van der Waals surface area contributed by atoms with E-state index < -0.39 is 0 Å². The summed E-state index contributed by atoms with van der Waals surface area (Å²) in [4.78, 5) is 20.0. The molecule has 152 valence electrons. The number of carbonyl (C=O) groups excluding carboxylic acids is 1. The molecule has 0 bridgehead atoms. The Labute approximate surface area is 184 Å². The van der Waals surface area contributed by atoms with E-state index in [1.54, 1.807) is 0 Å². The standard InChI is InChI=1S/C20H32N4OS.HI/c1-3-21-19(23-16-9-10-18(25)24(2)14-16)22-15-20(11-5-4-6-12-20)17-8-7-13-26-17;/h7-8,13,16H,3-6,9-12,14-15H2,1-2H3,(H2,21,22,23);1H. The molecule has 1 aliphatic carbocycles. The SMILES string of the molecule is CCNC(=NCC1(c2cccs2)CCCCC1)NC1CCC(=O)N(C)C1.I. The number of likely N-dealkylation sites (N-methyl/N-ethyl adjacent to an activating group) is 1. The Morgan fingerprint density at radius 2 is 2.15 bits per heavy atom. The van der Waals surface area contributed by atoms with E-state index in [1.165, 1.54) is 37.0 Å². The monoisotopic (exact) mass is 504 g/mol. The molecule has 1 amide bonds. The number of hydrogen-bond acceptors (Lipinski definition) is 3. The number of aliphatic imine (C=N–C) groups is 1. The second kappa shape index (κ2) is 10.6. The van der Waals surface area contributed by atoms with Gasteiger partial charge in [-0.2, -0.15) is 0 Å². The van der Waals surface area contributed by atoms with Crippen molar-refractivity contribution in [2.45, 2.75) is 63.3 Å². The van der Waals surface area contributed by atoms with Crippen molar-refractivity contribution >= 4 is 47.2 Å². The molecule has 2 N–H and O–H groups in total. The van der Waals surface area contributed by atoms with Crippen molar-refractivity contribution in [3.05, 3.63) is 22.4 Å². The number of likely N-dealkylation sites (tertiary alicyclic amines) is 1. The average molecular weight is 504 g/mol. The highest BCUT2D eigenvalue weighted by molar-refractivity contribution is 14.0. The lowest BCUT2D eigenvalue weighted by atomic mass is 9.73. The Morgan fingerprint density at radius 3 is 2.78 bits per heavy atom. The van der Waals surface area contributed by atoms with E-state index in [4.69, 9.17) is 4.99 Å². The summed E-state index contributed by atoms with van der Waals surface area (Å²) in [6.45, 7) is 4.53. The van der Waals surface area contributed by atoms with Crippen molar-refractivity contribution < 1.29 is 4.79 Å². The minimum Gasteiger partial charge on any atom is -0.357 e. The first kappa shape index (κ1) is 22.5. The molecular weight excluding hydrogens is 471 g/mol. The number of hydrogen-bond donors (Lipinski definition) is 2. The number of nitrogens with zero attached hydrogens (tertiary/aromatic N) is 2. The summed E-state index contributed by atoms with van der Waals surface area (Å²) in [5, 5.41) is 9.14. The van der Waals surface area contributed by atoms with Crippen LogP contribution in [0.2, 0.25) is 0 Å².